The van der Waals surface area contributed by atoms with E-state index in [0.29, 0.717) is 24.7 Å². The number of nitrogens with one attached hydrogen (secondary N) is 3. The Hall–Kier alpha value is -2.00. The zero-order valence-electron chi connectivity index (χ0n) is 14.9. The number of aromatic nitrogens is 1. The quantitative estimate of drug-likeness (QED) is 0.711. The molecule has 0 spiro atoms. The van der Waals surface area contributed by atoms with Crippen molar-refractivity contribution in [2.75, 3.05) is 31.3 Å². The van der Waals surface area contributed by atoms with Gasteiger partial charge in [0.2, 0.25) is 0 Å². The van der Waals surface area contributed by atoms with Gasteiger partial charge in [0.05, 0.1) is 30.7 Å². The number of amides is 1. The Morgan fingerprint density at radius 2 is 2.08 bits per heavy atom. The number of anilines is 1. The number of carbonyl (C=O) groups excluding carboxylic acids is 1. The highest BCUT2D eigenvalue weighted by Crippen LogP contribution is 2.40. The van der Waals surface area contributed by atoms with E-state index in [1.165, 1.54) is 18.5 Å². The zero-order valence-corrected chi connectivity index (χ0v) is 14.9. The minimum absolute atomic E-state index is 0.0412. The van der Waals surface area contributed by atoms with E-state index >= 15 is 0 Å². The predicted octanol–water partition coefficient (Wildman–Crippen LogP) is 0.137. The summed E-state index contributed by atoms with van der Waals surface area (Å²) >= 11 is 0. The second-order valence-corrected chi connectivity index (χ2v) is 7.38. The number of hydrazine groups is 1. The lowest BCUT2D eigenvalue weighted by Gasteiger charge is -2.40. The molecule has 4 heterocycles. The number of nitrogens with zero attached hydrogens (tertiary/aromatic N) is 3. The van der Waals surface area contributed by atoms with Crippen molar-refractivity contribution in [2.45, 2.75) is 38.1 Å². The molecule has 1 aromatic heterocycles. The summed E-state index contributed by atoms with van der Waals surface area (Å²) in [6.07, 6.45) is 5.86. The molecule has 1 aliphatic carbocycles. The van der Waals surface area contributed by atoms with Crippen LogP contribution in [0.2, 0.25) is 0 Å². The van der Waals surface area contributed by atoms with Crippen LogP contribution in [0.25, 0.3) is 0 Å². The number of aryl methyl sites for hydroxylation is 1. The maximum Gasteiger partial charge on any atom is 0.254 e. The molecule has 26 heavy (non-hydrogen) atoms. The Bertz CT molecular complexity index is 756. The third-order valence-electron chi connectivity index (χ3n) is 5.47. The molecule has 1 saturated carbocycles. The van der Waals surface area contributed by atoms with E-state index in [2.05, 4.69) is 38.9 Å². The Morgan fingerprint density at radius 1 is 1.27 bits per heavy atom. The number of hydrogen-bond donors (Lipinski definition) is 3. The van der Waals surface area contributed by atoms with Crippen molar-refractivity contribution in [3.05, 3.63) is 35.3 Å². The first-order chi connectivity index (χ1) is 12.7. The van der Waals surface area contributed by atoms with Crippen molar-refractivity contribution in [1.29, 1.82) is 0 Å². The molecule has 3 N–H and O–H groups in total. The highest BCUT2D eigenvalue weighted by molar-refractivity contribution is 5.96. The van der Waals surface area contributed by atoms with Crippen LogP contribution in [0.3, 0.4) is 0 Å². The first kappa shape index (κ1) is 16.2. The molecule has 0 bridgehead atoms. The molecule has 2 atom stereocenters. The van der Waals surface area contributed by atoms with E-state index in [9.17, 15) is 4.79 Å². The van der Waals surface area contributed by atoms with E-state index in [1.807, 2.05) is 17.4 Å². The molecule has 8 heteroatoms. The summed E-state index contributed by atoms with van der Waals surface area (Å²) in [5.41, 5.74) is 7.40. The maximum absolute atomic E-state index is 12.6. The molecule has 0 radical (unpaired) electrons. The van der Waals surface area contributed by atoms with Crippen molar-refractivity contribution in [3.63, 3.8) is 0 Å². The van der Waals surface area contributed by atoms with Gasteiger partial charge in [-0.1, -0.05) is 0 Å². The number of carbonyl (C=O) groups is 1. The molecule has 2 unspecified atom stereocenters. The molecule has 8 nitrogen and oxygen atoms in total. The fourth-order valence-corrected chi connectivity index (χ4v) is 3.78. The van der Waals surface area contributed by atoms with Crippen LogP contribution in [0.15, 0.2) is 24.0 Å². The van der Waals surface area contributed by atoms with Crippen LogP contribution < -0.4 is 21.1 Å². The van der Waals surface area contributed by atoms with Gasteiger partial charge in [0.15, 0.2) is 0 Å². The molecule has 2 saturated heterocycles. The number of pyridine rings is 1. The fraction of sp³-hybridized carbons (Fsp3) is 0.556. The minimum Gasteiger partial charge on any atom is -0.379 e. The van der Waals surface area contributed by atoms with Gasteiger partial charge in [-0.25, -0.2) is 5.43 Å². The van der Waals surface area contributed by atoms with E-state index in [0.717, 1.165) is 24.3 Å². The van der Waals surface area contributed by atoms with Gasteiger partial charge in [-0.05, 0) is 31.4 Å². The summed E-state index contributed by atoms with van der Waals surface area (Å²) in [6, 6.07) is 2.17. The Balaban J connectivity index is 1.33. The predicted molar refractivity (Wildman–Crippen MR) is 95.9 cm³/mol. The van der Waals surface area contributed by atoms with Gasteiger partial charge in [-0.15, -0.1) is 0 Å². The highest BCUT2D eigenvalue weighted by atomic mass is 16.5. The average Bonchev–Trinajstić information content (AvgIpc) is 3.42. The third-order valence-corrected chi connectivity index (χ3v) is 5.47. The van der Waals surface area contributed by atoms with Gasteiger partial charge < -0.3 is 10.1 Å². The number of ether oxygens (including phenoxy) is 1. The van der Waals surface area contributed by atoms with Crippen molar-refractivity contribution in [3.8, 4) is 0 Å². The van der Waals surface area contributed by atoms with E-state index in [1.54, 1.807) is 0 Å². The average molecular weight is 356 g/mol. The minimum atomic E-state index is -0.209. The molecule has 4 aliphatic rings. The molecule has 5 rings (SSSR count). The zero-order chi connectivity index (χ0) is 17.7. The Kier molecular flexibility index (Phi) is 3.93. The number of morpholine rings is 1. The van der Waals surface area contributed by atoms with Crippen LogP contribution in [0, 0.1) is 6.92 Å². The largest absolute Gasteiger partial charge is 0.379 e. The summed E-state index contributed by atoms with van der Waals surface area (Å²) in [5, 5.41) is 8.43. The summed E-state index contributed by atoms with van der Waals surface area (Å²) in [4.78, 5) is 19.4. The van der Waals surface area contributed by atoms with Crippen molar-refractivity contribution in [1.82, 2.24) is 25.9 Å². The smallest absolute Gasteiger partial charge is 0.254 e. The second-order valence-electron chi connectivity index (χ2n) is 7.38. The molecule has 3 fully saturated rings. The van der Waals surface area contributed by atoms with Crippen LogP contribution in [0.5, 0.6) is 0 Å². The standard InChI is InChI=1S/C18H24N6O2/c1-11-8-14(12-2-3-12)19-9-15(11)24-10-13-16(22-24)20-18(21-17(13)25)23-4-6-26-7-5-23/h8-10,12,16,18,20,22H,2-7H2,1H3,(H,21,25). The fourth-order valence-electron chi connectivity index (χ4n) is 3.78. The molecule has 3 aliphatic heterocycles. The number of fused-ring (bicyclic) bond motifs is 1. The Labute approximate surface area is 152 Å². The third kappa shape index (κ3) is 2.88. The molecule has 1 aromatic rings. The first-order valence-electron chi connectivity index (χ1n) is 9.31. The summed E-state index contributed by atoms with van der Waals surface area (Å²) in [6.45, 7) is 5.09. The van der Waals surface area contributed by atoms with E-state index in [-0.39, 0.29) is 18.4 Å². The monoisotopic (exact) mass is 356 g/mol. The molecular weight excluding hydrogens is 332 g/mol. The maximum atomic E-state index is 12.6. The molecule has 138 valence electrons. The van der Waals surface area contributed by atoms with Crippen molar-refractivity contribution < 1.29 is 9.53 Å². The number of hydrogen-bond acceptors (Lipinski definition) is 7. The highest BCUT2D eigenvalue weighted by Gasteiger charge is 2.39. The lowest BCUT2D eigenvalue weighted by molar-refractivity contribution is -0.123. The SMILES string of the molecule is Cc1cc(C2CC2)ncc1N1C=C2C(=O)NC(N3CCOCC3)NC2N1. The normalized spacial score (nSPS) is 29.3. The van der Waals surface area contributed by atoms with E-state index in [4.69, 9.17) is 4.74 Å². The second kappa shape index (κ2) is 6.31. The van der Waals surface area contributed by atoms with Crippen LogP contribution >= 0.6 is 0 Å². The first-order valence-corrected chi connectivity index (χ1v) is 9.31. The van der Waals surface area contributed by atoms with Gasteiger partial charge in [-0.2, -0.15) is 0 Å². The molecule has 0 aromatic carbocycles. The van der Waals surface area contributed by atoms with Gasteiger partial charge in [0.1, 0.15) is 12.5 Å². The van der Waals surface area contributed by atoms with Gasteiger partial charge in [0.25, 0.3) is 5.91 Å². The van der Waals surface area contributed by atoms with Gasteiger partial charge in [0, 0.05) is 30.9 Å². The topological polar surface area (TPSA) is 81.8 Å². The van der Waals surface area contributed by atoms with Crippen LogP contribution in [-0.4, -0.2) is 54.5 Å². The van der Waals surface area contributed by atoms with Crippen molar-refractivity contribution in [2.24, 2.45) is 0 Å². The molecular formula is C18H24N6O2. The van der Waals surface area contributed by atoms with Crippen LogP contribution in [0.1, 0.15) is 30.0 Å². The summed E-state index contributed by atoms with van der Waals surface area (Å²) < 4.78 is 5.40. The van der Waals surface area contributed by atoms with Gasteiger partial charge >= 0.3 is 0 Å². The molecule has 1 amide bonds. The van der Waals surface area contributed by atoms with Crippen LogP contribution in [0.4, 0.5) is 5.69 Å². The Morgan fingerprint density at radius 3 is 2.81 bits per heavy atom. The number of rotatable bonds is 3. The summed E-state index contributed by atoms with van der Waals surface area (Å²) in [7, 11) is 0. The van der Waals surface area contributed by atoms with Crippen molar-refractivity contribution >= 4 is 11.6 Å². The van der Waals surface area contributed by atoms with Crippen LogP contribution in [-0.2, 0) is 9.53 Å². The van der Waals surface area contributed by atoms with E-state index < -0.39 is 0 Å². The lowest BCUT2D eigenvalue weighted by Crippen LogP contribution is -2.68. The van der Waals surface area contributed by atoms with Gasteiger partial charge in [-0.3, -0.25) is 25.0 Å². The lowest BCUT2D eigenvalue weighted by atomic mass is 10.1. The summed E-state index contributed by atoms with van der Waals surface area (Å²) in [5.74, 6) is 0.595.